The van der Waals surface area contributed by atoms with Crippen molar-refractivity contribution in [3.8, 4) is 0 Å². The van der Waals surface area contributed by atoms with Crippen LogP contribution in [-0.4, -0.2) is 52.2 Å². The van der Waals surface area contributed by atoms with Crippen LogP contribution in [0.2, 0.25) is 0 Å². The van der Waals surface area contributed by atoms with Gasteiger partial charge in [-0.2, -0.15) is 0 Å². The summed E-state index contributed by atoms with van der Waals surface area (Å²) < 4.78 is 47.0. The summed E-state index contributed by atoms with van der Waals surface area (Å²) in [5.74, 6) is -0.490. The smallest absolute Gasteiger partial charge is 0.243 e. The molecule has 1 aliphatic heterocycles. The Morgan fingerprint density at radius 3 is 2.61 bits per heavy atom. The third kappa shape index (κ3) is 4.96. The molecule has 1 aromatic rings. The molecule has 1 aliphatic rings. The summed E-state index contributed by atoms with van der Waals surface area (Å²) in [6.45, 7) is 7.19. The molecule has 0 aromatic heterocycles. The van der Waals surface area contributed by atoms with Gasteiger partial charge in [-0.25, -0.2) is 17.5 Å². The largest absolute Gasteiger partial charge is 0.379 e. The molecule has 1 unspecified atom stereocenters. The highest BCUT2D eigenvalue weighted by molar-refractivity contribution is 9.10. The monoisotopic (exact) mass is 408 g/mol. The Bertz CT molecular complexity index is 634. The van der Waals surface area contributed by atoms with Crippen LogP contribution in [0, 0.1) is 11.7 Å². The second-order valence-corrected chi connectivity index (χ2v) is 8.54. The van der Waals surface area contributed by atoms with Gasteiger partial charge in [-0.3, -0.25) is 4.90 Å². The van der Waals surface area contributed by atoms with Crippen LogP contribution in [0.1, 0.15) is 13.8 Å². The van der Waals surface area contributed by atoms with Crippen LogP contribution < -0.4 is 4.72 Å². The maximum Gasteiger partial charge on any atom is 0.243 e. The predicted molar refractivity (Wildman–Crippen MR) is 90.3 cm³/mol. The Balaban J connectivity index is 2.11. The minimum Gasteiger partial charge on any atom is -0.379 e. The third-order valence-electron chi connectivity index (χ3n) is 3.95. The molecular formula is C15H22BrFN2O3S. The molecule has 1 atom stereocenters. The highest BCUT2D eigenvalue weighted by atomic mass is 79.9. The quantitative estimate of drug-likeness (QED) is 0.783. The molecule has 0 amide bonds. The maximum atomic E-state index is 13.8. The molecule has 130 valence electrons. The average Bonchev–Trinajstić information content (AvgIpc) is 2.50. The van der Waals surface area contributed by atoms with Crippen molar-refractivity contribution in [1.29, 1.82) is 0 Å². The fourth-order valence-corrected chi connectivity index (χ4v) is 4.32. The average molecular weight is 409 g/mol. The Morgan fingerprint density at radius 1 is 1.35 bits per heavy atom. The van der Waals surface area contributed by atoms with Gasteiger partial charge in [-0.1, -0.05) is 29.8 Å². The Hall–Kier alpha value is -0.540. The van der Waals surface area contributed by atoms with Gasteiger partial charge in [0.15, 0.2) is 0 Å². The lowest BCUT2D eigenvalue weighted by atomic mass is 10.0. The van der Waals surface area contributed by atoms with Gasteiger partial charge in [0.05, 0.1) is 13.2 Å². The fourth-order valence-electron chi connectivity index (χ4n) is 2.65. The molecule has 23 heavy (non-hydrogen) atoms. The molecule has 0 saturated carbocycles. The van der Waals surface area contributed by atoms with Crippen molar-refractivity contribution in [1.82, 2.24) is 9.62 Å². The fraction of sp³-hybridized carbons (Fsp3) is 0.600. The number of rotatable bonds is 6. The summed E-state index contributed by atoms with van der Waals surface area (Å²) in [4.78, 5) is 1.88. The summed E-state index contributed by atoms with van der Waals surface area (Å²) >= 11 is 3.17. The van der Waals surface area contributed by atoms with Crippen LogP contribution in [-0.2, 0) is 14.8 Å². The topological polar surface area (TPSA) is 58.6 Å². The minimum absolute atomic E-state index is 0.0453. The molecule has 1 fully saturated rings. The van der Waals surface area contributed by atoms with E-state index in [0.29, 0.717) is 17.7 Å². The van der Waals surface area contributed by atoms with Crippen molar-refractivity contribution >= 4 is 26.0 Å². The number of nitrogens with one attached hydrogen (secondary N) is 1. The number of sulfonamides is 1. The first-order valence-corrected chi connectivity index (χ1v) is 9.85. The summed E-state index contributed by atoms with van der Waals surface area (Å²) in [6.07, 6.45) is 0. The van der Waals surface area contributed by atoms with Gasteiger partial charge < -0.3 is 4.74 Å². The molecule has 1 saturated heterocycles. The zero-order valence-electron chi connectivity index (χ0n) is 13.3. The first-order valence-electron chi connectivity index (χ1n) is 7.58. The van der Waals surface area contributed by atoms with Gasteiger partial charge in [-0.05, 0) is 24.1 Å². The van der Waals surface area contributed by atoms with E-state index in [9.17, 15) is 12.8 Å². The lowest BCUT2D eigenvalue weighted by Crippen LogP contribution is -2.51. The molecule has 0 spiro atoms. The first-order chi connectivity index (χ1) is 10.8. The molecule has 0 radical (unpaired) electrons. The molecule has 0 bridgehead atoms. The number of halogens is 2. The van der Waals surface area contributed by atoms with E-state index in [-0.39, 0.29) is 23.4 Å². The van der Waals surface area contributed by atoms with Crippen molar-refractivity contribution < 1.29 is 17.5 Å². The van der Waals surface area contributed by atoms with E-state index in [2.05, 4.69) is 25.6 Å². The normalized spacial score (nSPS) is 18.3. The van der Waals surface area contributed by atoms with E-state index in [1.165, 1.54) is 12.1 Å². The van der Waals surface area contributed by atoms with Crippen LogP contribution in [0.3, 0.4) is 0 Å². The van der Waals surface area contributed by atoms with Gasteiger partial charge in [0.2, 0.25) is 10.0 Å². The number of nitrogens with zero attached hydrogens (tertiary/aromatic N) is 1. The summed E-state index contributed by atoms with van der Waals surface area (Å²) in [7, 11) is -3.89. The van der Waals surface area contributed by atoms with E-state index in [1.54, 1.807) is 0 Å². The standard InChI is InChI=1S/C15H22BrFN2O3S/c1-11(2)14(19-5-7-22-8-6-19)10-18-23(20,21)15-9-12(16)3-4-13(15)17/h3-4,9,11,14,18H,5-8,10H2,1-2H3. The molecule has 8 heteroatoms. The van der Waals surface area contributed by atoms with Crippen LogP contribution in [0.5, 0.6) is 0 Å². The van der Waals surface area contributed by atoms with Crippen molar-refractivity contribution in [3.63, 3.8) is 0 Å². The highest BCUT2D eigenvalue weighted by Crippen LogP contribution is 2.20. The van der Waals surface area contributed by atoms with E-state index >= 15 is 0 Å². The first kappa shape index (κ1) is 18.8. The van der Waals surface area contributed by atoms with Gasteiger partial charge >= 0.3 is 0 Å². The minimum atomic E-state index is -3.89. The Kier molecular flexibility index (Phi) is 6.56. The van der Waals surface area contributed by atoms with Gasteiger partial charge in [0.25, 0.3) is 0 Å². The zero-order valence-corrected chi connectivity index (χ0v) is 15.7. The summed E-state index contributed by atoms with van der Waals surface area (Å²) in [5, 5.41) is 0. The van der Waals surface area contributed by atoms with Crippen LogP contribution >= 0.6 is 15.9 Å². The number of benzene rings is 1. The molecule has 0 aliphatic carbocycles. The van der Waals surface area contributed by atoms with Crippen molar-refractivity contribution in [2.75, 3.05) is 32.8 Å². The Morgan fingerprint density at radius 2 is 2.00 bits per heavy atom. The molecule has 1 N–H and O–H groups in total. The maximum absolute atomic E-state index is 13.8. The lowest BCUT2D eigenvalue weighted by Gasteiger charge is -2.36. The second kappa shape index (κ2) is 8.02. The van der Waals surface area contributed by atoms with Crippen molar-refractivity contribution in [3.05, 3.63) is 28.5 Å². The van der Waals surface area contributed by atoms with E-state index in [1.807, 2.05) is 13.8 Å². The van der Waals surface area contributed by atoms with E-state index < -0.39 is 15.8 Å². The SMILES string of the molecule is CC(C)C(CNS(=O)(=O)c1cc(Br)ccc1F)N1CCOCC1. The van der Waals surface area contributed by atoms with Crippen molar-refractivity contribution in [2.24, 2.45) is 5.92 Å². The molecule has 5 nitrogen and oxygen atoms in total. The molecule has 1 heterocycles. The van der Waals surface area contributed by atoms with Crippen molar-refractivity contribution in [2.45, 2.75) is 24.8 Å². The summed E-state index contributed by atoms with van der Waals surface area (Å²) in [5.41, 5.74) is 0. The molecular weight excluding hydrogens is 387 g/mol. The van der Waals surface area contributed by atoms with Crippen LogP contribution in [0.25, 0.3) is 0 Å². The van der Waals surface area contributed by atoms with Crippen LogP contribution in [0.4, 0.5) is 4.39 Å². The Labute approximate surface area is 145 Å². The number of hydrogen-bond acceptors (Lipinski definition) is 4. The summed E-state index contributed by atoms with van der Waals surface area (Å²) in [6, 6.07) is 3.93. The van der Waals surface area contributed by atoms with Gasteiger partial charge in [-0.15, -0.1) is 0 Å². The van der Waals surface area contributed by atoms with E-state index in [4.69, 9.17) is 4.74 Å². The second-order valence-electron chi connectivity index (χ2n) is 5.89. The number of ether oxygens (including phenoxy) is 1. The zero-order chi connectivity index (χ0) is 17.0. The molecule has 1 aromatic carbocycles. The lowest BCUT2D eigenvalue weighted by molar-refractivity contribution is 0.00776. The number of morpholine rings is 1. The van der Waals surface area contributed by atoms with Gasteiger partial charge in [0.1, 0.15) is 10.7 Å². The predicted octanol–water partition coefficient (Wildman–Crippen LogP) is 2.22. The third-order valence-corrected chi connectivity index (χ3v) is 5.88. The molecule has 2 rings (SSSR count). The van der Waals surface area contributed by atoms with Gasteiger partial charge in [0, 0.05) is 30.1 Å². The highest BCUT2D eigenvalue weighted by Gasteiger charge is 2.27. The number of hydrogen-bond donors (Lipinski definition) is 1. The van der Waals surface area contributed by atoms with Crippen LogP contribution in [0.15, 0.2) is 27.6 Å². The van der Waals surface area contributed by atoms with E-state index in [0.717, 1.165) is 19.2 Å².